The Kier molecular flexibility index (Phi) is 5.73. The molecule has 1 amide bonds. The van der Waals surface area contributed by atoms with Gasteiger partial charge in [0, 0.05) is 13.1 Å². The van der Waals surface area contributed by atoms with E-state index in [1.807, 2.05) is 62.6 Å². The third kappa shape index (κ3) is 3.75. The third-order valence-electron chi connectivity index (χ3n) is 4.50. The fourth-order valence-electron chi connectivity index (χ4n) is 3.06. The van der Waals surface area contributed by atoms with Gasteiger partial charge in [0.15, 0.2) is 5.16 Å². The van der Waals surface area contributed by atoms with E-state index in [0.29, 0.717) is 16.5 Å². The lowest BCUT2D eigenvalue weighted by Gasteiger charge is -2.11. The molecular weight excluding hydrogens is 376 g/mol. The number of para-hydroxylation sites is 1. The lowest BCUT2D eigenvalue weighted by Crippen LogP contribution is -2.23. The summed E-state index contributed by atoms with van der Waals surface area (Å²) in [5.41, 5.74) is 1.46. The van der Waals surface area contributed by atoms with E-state index in [1.54, 1.807) is 11.7 Å². The summed E-state index contributed by atoms with van der Waals surface area (Å²) < 4.78 is 5.25. The number of aromatic nitrogens is 5. The van der Waals surface area contributed by atoms with Crippen LogP contribution in [0.25, 0.3) is 5.69 Å². The molecule has 3 rings (SSSR count). The minimum absolute atomic E-state index is 0.143. The Bertz CT molecular complexity index is 1050. The molecule has 0 atom stereocenters. The van der Waals surface area contributed by atoms with Crippen molar-refractivity contribution in [2.45, 2.75) is 38.9 Å². The number of aryl methyl sites for hydroxylation is 1. The number of benzene rings is 1. The maximum absolute atomic E-state index is 12.9. The van der Waals surface area contributed by atoms with E-state index in [1.165, 1.54) is 16.4 Å². The van der Waals surface area contributed by atoms with Crippen LogP contribution in [0.1, 0.15) is 31.4 Å². The number of nitrogens with zero attached hydrogens (tertiary/aromatic N) is 5. The first kappa shape index (κ1) is 19.9. The van der Waals surface area contributed by atoms with Crippen molar-refractivity contribution in [3.8, 4) is 5.69 Å². The number of rotatable bonds is 6. The molecule has 0 aliphatic rings. The summed E-state index contributed by atoms with van der Waals surface area (Å²) in [6, 6.07) is 9.53. The summed E-state index contributed by atoms with van der Waals surface area (Å²) in [5.74, 6) is 0.693. The number of nitrogens with one attached hydrogen (secondary N) is 1. The van der Waals surface area contributed by atoms with Crippen molar-refractivity contribution in [2.75, 3.05) is 11.1 Å². The molecule has 9 heteroatoms. The Balaban J connectivity index is 1.78. The van der Waals surface area contributed by atoms with E-state index in [4.69, 9.17) is 0 Å². The molecule has 0 unspecified atom stereocenters. The summed E-state index contributed by atoms with van der Waals surface area (Å²) in [6.07, 6.45) is 0. The van der Waals surface area contributed by atoms with Crippen LogP contribution in [0.2, 0.25) is 0 Å². The van der Waals surface area contributed by atoms with Gasteiger partial charge in [0.25, 0.3) is 5.56 Å². The van der Waals surface area contributed by atoms with E-state index in [0.717, 1.165) is 11.5 Å². The molecule has 0 saturated heterocycles. The monoisotopic (exact) mass is 400 g/mol. The Morgan fingerprint density at radius 1 is 1.18 bits per heavy atom. The molecule has 0 spiro atoms. The number of carbonyl (C=O) groups is 1. The first-order chi connectivity index (χ1) is 13.3. The zero-order valence-corrected chi connectivity index (χ0v) is 17.4. The van der Waals surface area contributed by atoms with Crippen molar-refractivity contribution >= 4 is 23.4 Å². The molecule has 0 fully saturated rings. The molecular formula is C19H24N6O2S. The first-order valence-corrected chi connectivity index (χ1v) is 9.98. The lowest BCUT2D eigenvalue weighted by atomic mass is 10.3. The number of hydrogen-bond acceptors (Lipinski definition) is 5. The van der Waals surface area contributed by atoms with Gasteiger partial charge in [-0.1, -0.05) is 30.0 Å². The fourth-order valence-corrected chi connectivity index (χ4v) is 3.97. The van der Waals surface area contributed by atoms with Gasteiger partial charge in [-0.3, -0.25) is 14.3 Å². The highest BCUT2D eigenvalue weighted by Gasteiger charge is 2.19. The maximum atomic E-state index is 12.9. The lowest BCUT2D eigenvalue weighted by molar-refractivity contribution is -0.113. The Labute approximate surface area is 167 Å². The van der Waals surface area contributed by atoms with Crippen LogP contribution in [-0.2, 0) is 11.8 Å². The van der Waals surface area contributed by atoms with Crippen LogP contribution in [0.15, 0.2) is 40.3 Å². The largest absolute Gasteiger partial charge is 0.319 e. The van der Waals surface area contributed by atoms with Crippen molar-refractivity contribution in [2.24, 2.45) is 7.05 Å². The Morgan fingerprint density at radius 2 is 1.86 bits per heavy atom. The maximum Gasteiger partial charge on any atom is 0.295 e. The van der Waals surface area contributed by atoms with Crippen LogP contribution in [0.4, 0.5) is 5.69 Å². The van der Waals surface area contributed by atoms with Crippen LogP contribution < -0.4 is 10.9 Å². The van der Waals surface area contributed by atoms with Crippen molar-refractivity contribution in [3.05, 3.63) is 52.2 Å². The standard InChI is InChI=1S/C19H24N6O2S/c1-12(2)24-14(4)21-22-19(24)28-11-16(26)20-17-13(3)23(5)25(18(17)27)15-9-7-6-8-10-15/h6-10,12H,11H2,1-5H3,(H,20,26). The number of hydrogen-bond donors (Lipinski definition) is 1. The molecule has 148 valence electrons. The van der Waals surface area contributed by atoms with Crippen molar-refractivity contribution in [1.29, 1.82) is 0 Å². The molecule has 0 radical (unpaired) electrons. The van der Waals surface area contributed by atoms with E-state index in [2.05, 4.69) is 15.5 Å². The molecule has 1 N–H and O–H groups in total. The SMILES string of the molecule is Cc1nnc(SCC(=O)Nc2c(C)n(C)n(-c3ccccc3)c2=O)n1C(C)C. The molecule has 0 bridgehead atoms. The van der Waals surface area contributed by atoms with Crippen LogP contribution in [0.5, 0.6) is 0 Å². The number of carbonyl (C=O) groups excluding carboxylic acids is 1. The quantitative estimate of drug-likeness (QED) is 0.643. The molecule has 1 aromatic carbocycles. The minimum Gasteiger partial charge on any atom is -0.319 e. The highest BCUT2D eigenvalue weighted by atomic mass is 32.2. The van der Waals surface area contributed by atoms with Gasteiger partial charge in [0.1, 0.15) is 11.5 Å². The minimum atomic E-state index is -0.259. The number of amides is 1. The molecule has 0 saturated carbocycles. The van der Waals surface area contributed by atoms with Gasteiger partial charge in [0.05, 0.1) is 17.1 Å². The number of thioether (sulfide) groups is 1. The molecule has 2 heterocycles. The first-order valence-electron chi connectivity index (χ1n) is 8.99. The zero-order valence-electron chi connectivity index (χ0n) is 16.6. The van der Waals surface area contributed by atoms with Crippen molar-refractivity contribution in [1.82, 2.24) is 24.1 Å². The summed E-state index contributed by atoms with van der Waals surface area (Å²) in [6.45, 7) is 7.78. The van der Waals surface area contributed by atoms with Gasteiger partial charge in [-0.2, -0.15) is 0 Å². The van der Waals surface area contributed by atoms with Gasteiger partial charge >= 0.3 is 0 Å². The average molecular weight is 401 g/mol. The molecule has 0 aliphatic heterocycles. The van der Waals surface area contributed by atoms with Crippen molar-refractivity contribution < 1.29 is 4.79 Å². The van der Waals surface area contributed by atoms with Gasteiger partial charge in [-0.25, -0.2) is 4.68 Å². The highest BCUT2D eigenvalue weighted by molar-refractivity contribution is 7.99. The Morgan fingerprint density at radius 3 is 2.50 bits per heavy atom. The predicted molar refractivity (Wildman–Crippen MR) is 110 cm³/mol. The predicted octanol–water partition coefficient (Wildman–Crippen LogP) is 2.70. The smallest absolute Gasteiger partial charge is 0.295 e. The van der Waals surface area contributed by atoms with E-state index in [-0.39, 0.29) is 23.3 Å². The van der Waals surface area contributed by atoms with Crippen LogP contribution in [0, 0.1) is 13.8 Å². The van der Waals surface area contributed by atoms with Gasteiger partial charge < -0.3 is 9.88 Å². The summed E-state index contributed by atoms with van der Waals surface area (Å²) >= 11 is 1.30. The van der Waals surface area contributed by atoms with Crippen LogP contribution in [-0.4, -0.2) is 35.8 Å². The molecule has 28 heavy (non-hydrogen) atoms. The second-order valence-corrected chi connectivity index (χ2v) is 7.71. The van der Waals surface area contributed by atoms with E-state index >= 15 is 0 Å². The van der Waals surface area contributed by atoms with Crippen LogP contribution >= 0.6 is 11.8 Å². The van der Waals surface area contributed by atoms with Crippen molar-refractivity contribution in [3.63, 3.8) is 0 Å². The zero-order chi connectivity index (χ0) is 20.4. The molecule has 0 aliphatic carbocycles. The Hall–Kier alpha value is -2.81. The third-order valence-corrected chi connectivity index (χ3v) is 5.45. The summed E-state index contributed by atoms with van der Waals surface area (Å²) in [5, 5.41) is 11.7. The molecule has 3 aromatic rings. The van der Waals surface area contributed by atoms with Crippen LogP contribution in [0.3, 0.4) is 0 Å². The normalized spacial score (nSPS) is 11.2. The van der Waals surface area contributed by atoms with Gasteiger partial charge in [-0.15, -0.1) is 10.2 Å². The molecule has 8 nitrogen and oxygen atoms in total. The highest BCUT2D eigenvalue weighted by Crippen LogP contribution is 2.21. The van der Waals surface area contributed by atoms with E-state index < -0.39 is 0 Å². The summed E-state index contributed by atoms with van der Waals surface area (Å²) in [4.78, 5) is 25.4. The second kappa shape index (κ2) is 8.05. The molecule has 2 aromatic heterocycles. The van der Waals surface area contributed by atoms with Gasteiger partial charge in [-0.05, 0) is 39.8 Å². The fraction of sp³-hybridized carbons (Fsp3) is 0.368. The average Bonchev–Trinajstić information content (AvgIpc) is 3.13. The summed E-state index contributed by atoms with van der Waals surface area (Å²) in [7, 11) is 1.79. The van der Waals surface area contributed by atoms with Gasteiger partial charge in [0.2, 0.25) is 5.91 Å². The number of anilines is 1. The van der Waals surface area contributed by atoms with E-state index in [9.17, 15) is 9.59 Å². The topological polar surface area (TPSA) is 86.7 Å². The second-order valence-electron chi connectivity index (χ2n) is 6.77.